The second-order valence-corrected chi connectivity index (χ2v) is 8.31. The van der Waals surface area contributed by atoms with E-state index in [0.29, 0.717) is 12.1 Å². The van der Waals surface area contributed by atoms with Crippen molar-refractivity contribution in [2.24, 2.45) is 5.92 Å². The standard InChI is InChI=1S/C17H35N3OS/c1-4-22-14-18-16-11-17(12-16)21-10-9-19-5-7-20(8-6-19)13-15(2)3/h15-18H,4-14H2,1-3H3. The molecular formula is C17H35N3OS. The minimum atomic E-state index is 0.506. The molecule has 2 fully saturated rings. The van der Waals surface area contributed by atoms with Crippen LogP contribution in [0.25, 0.3) is 0 Å². The zero-order chi connectivity index (χ0) is 15.8. The van der Waals surface area contributed by atoms with Crippen LogP contribution in [-0.2, 0) is 4.74 Å². The maximum absolute atomic E-state index is 6.01. The third-order valence-corrected chi connectivity index (χ3v) is 5.40. The summed E-state index contributed by atoms with van der Waals surface area (Å²) in [5.41, 5.74) is 0. The summed E-state index contributed by atoms with van der Waals surface area (Å²) in [6.45, 7) is 15.0. The average molecular weight is 330 g/mol. The predicted molar refractivity (Wildman–Crippen MR) is 96.6 cm³/mol. The fraction of sp³-hybridized carbons (Fsp3) is 1.00. The first-order chi connectivity index (χ1) is 10.7. The van der Waals surface area contributed by atoms with Crippen LogP contribution < -0.4 is 5.32 Å². The topological polar surface area (TPSA) is 27.7 Å². The van der Waals surface area contributed by atoms with Crippen molar-refractivity contribution in [1.82, 2.24) is 15.1 Å². The molecule has 0 amide bonds. The molecular weight excluding hydrogens is 294 g/mol. The summed E-state index contributed by atoms with van der Waals surface area (Å²) >= 11 is 1.96. The van der Waals surface area contributed by atoms with E-state index in [0.717, 1.165) is 24.9 Å². The van der Waals surface area contributed by atoms with Gasteiger partial charge in [0.05, 0.1) is 12.7 Å². The number of nitrogens with one attached hydrogen (secondary N) is 1. The normalized spacial score (nSPS) is 27.3. The molecule has 0 atom stereocenters. The Morgan fingerprint density at radius 3 is 2.45 bits per heavy atom. The highest BCUT2D eigenvalue weighted by molar-refractivity contribution is 7.99. The lowest BCUT2D eigenvalue weighted by atomic mass is 9.89. The van der Waals surface area contributed by atoms with Crippen LogP contribution in [0.4, 0.5) is 0 Å². The fourth-order valence-electron chi connectivity index (χ4n) is 3.21. The van der Waals surface area contributed by atoms with Gasteiger partial charge in [-0.15, -0.1) is 11.8 Å². The van der Waals surface area contributed by atoms with Gasteiger partial charge in [0.2, 0.25) is 0 Å². The molecule has 4 nitrogen and oxygen atoms in total. The summed E-state index contributed by atoms with van der Waals surface area (Å²) in [5.74, 6) is 3.07. The quantitative estimate of drug-likeness (QED) is 0.489. The SMILES string of the molecule is CCSCNC1CC(OCCN2CCN(CC(C)C)CC2)C1. The Bertz CT molecular complexity index is 290. The van der Waals surface area contributed by atoms with Gasteiger partial charge in [-0.1, -0.05) is 20.8 Å². The maximum Gasteiger partial charge on any atom is 0.0605 e. The lowest BCUT2D eigenvalue weighted by Gasteiger charge is -2.38. The molecule has 130 valence electrons. The zero-order valence-corrected chi connectivity index (χ0v) is 15.5. The van der Waals surface area contributed by atoms with E-state index in [9.17, 15) is 0 Å². The first kappa shape index (κ1) is 18.5. The number of hydrogen-bond acceptors (Lipinski definition) is 5. The first-order valence-corrected chi connectivity index (χ1v) is 10.2. The van der Waals surface area contributed by atoms with Crippen molar-refractivity contribution in [3.63, 3.8) is 0 Å². The van der Waals surface area contributed by atoms with Gasteiger partial charge in [0, 0.05) is 51.2 Å². The molecule has 2 rings (SSSR count). The van der Waals surface area contributed by atoms with Gasteiger partial charge in [-0.3, -0.25) is 4.90 Å². The number of ether oxygens (including phenoxy) is 1. The lowest BCUT2D eigenvalue weighted by Crippen LogP contribution is -2.49. The Hall–Kier alpha value is 0.190. The van der Waals surface area contributed by atoms with Crippen LogP contribution >= 0.6 is 11.8 Å². The van der Waals surface area contributed by atoms with Crippen molar-refractivity contribution in [1.29, 1.82) is 0 Å². The molecule has 5 heteroatoms. The molecule has 1 N–H and O–H groups in total. The molecule has 0 bridgehead atoms. The molecule has 1 heterocycles. The van der Waals surface area contributed by atoms with Gasteiger partial charge in [0.25, 0.3) is 0 Å². The predicted octanol–water partition coefficient (Wildman–Crippen LogP) is 2.11. The number of nitrogens with zero attached hydrogens (tertiary/aromatic N) is 2. The van der Waals surface area contributed by atoms with Crippen molar-refractivity contribution in [3.05, 3.63) is 0 Å². The molecule has 1 saturated heterocycles. The number of piperazine rings is 1. The van der Waals surface area contributed by atoms with Crippen LogP contribution in [0, 0.1) is 5.92 Å². The molecule has 0 unspecified atom stereocenters. The average Bonchev–Trinajstić information content (AvgIpc) is 2.45. The van der Waals surface area contributed by atoms with Crippen molar-refractivity contribution in [2.45, 2.75) is 45.8 Å². The van der Waals surface area contributed by atoms with Crippen LogP contribution in [-0.4, -0.2) is 79.5 Å². The molecule has 1 aliphatic heterocycles. The second-order valence-electron chi connectivity index (χ2n) is 7.04. The Kier molecular flexibility index (Phi) is 8.54. The van der Waals surface area contributed by atoms with Crippen molar-refractivity contribution in [3.8, 4) is 0 Å². The maximum atomic E-state index is 6.01. The molecule has 0 spiro atoms. The molecule has 0 aromatic rings. The summed E-state index contributed by atoms with van der Waals surface area (Å²) in [4.78, 5) is 5.15. The van der Waals surface area contributed by atoms with E-state index in [2.05, 4.69) is 35.9 Å². The van der Waals surface area contributed by atoms with E-state index in [4.69, 9.17) is 4.74 Å². The van der Waals surface area contributed by atoms with Gasteiger partial charge in [-0.05, 0) is 24.5 Å². The molecule has 0 aromatic carbocycles. The van der Waals surface area contributed by atoms with E-state index in [1.54, 1.807) is 0 Å². The van der Waals surface area contributed by atoms with E-state index >= 15 is 0 Å². The Balaban J connectivity index is 1.44. The van der Waals surface area contributed by atoms with Crippen molar-refractivity contribution >= 4 is 11.8 Å². The minimum Gasteiger partial charge on any atom is -0.377 e. The van der Waals surface area contributed by atoms with Crippen LogP contribution in [0.1, 0.15) is 33.6 Å². The van der Waals surface area contributed by atoms with Crippen LogP contribution in [0.2, 0.25) is 0 Å². The van der Waals surface area contributed by atoms with Gasteiger partial charge >= 0.3 is 0 Å². The van der Waals surface area contributed by atoms with E-state index in [-0.39, 0.29) is 0 Å². The van der Waals surface area contributed by atoms with Gasteiger partial charge in [-0.2, -0.15) is 0 Å². The molecule has 22 heavy (non-hydrogen) atoms. The van der Waals surface area contributed by atoms with Crippen LogP contribution in [0.3, 0.4) is 0 Å². The highest BCUT2D eigenvalue weighted by Gasteiger charge is 2.29. The highest BCUT2D eigenvalue weighted by Crippen LogP contribution is 2.23. The van der Waals surface area contributed by atoms with E-state index in [1.165, 1.54) is 51.3 Å². The Labute approximate surface area is 141 Å². The third kappa shape index (κ3) is 6.75. The zero-order valence-electron chi connectivity index (χ0n) is 14.7. The highest BCUT2D eigenvalue weighted by atomic mass is 32.2. The van der Waals surface area contributed by atoms with Gasteiger partial charge in [-0.25, -0.2) is 0 Å². The molecule has 1 saturated carbocycles. The number of rotatable bonds is 10. The van der Waals surface area contributed by atoms with Gasteiger partial charge in [0.1, 0.15) is 0 Å². The smallest absolute Gasteiger partial charge is 0.0605 e. The monoisotopic (exact) mass is 329 g/mol. The number of thioether (sulfide) groups is 1. The molecule has 2 aliphatic rings. The van der Waals surface area contributed by atoms with Crippen molar-refractivity contribution in [2.75, 3.05) is 57.5 Å². The van der Waals surface area contributed by atoms with Gasteiger partial charge in [0.15, 0.2) is 0 Å². The first-order valence-electron chi connectivity index (χ1n) is 9.04. The van der Waals surface area contributed by atoms with Crippen LogP contribution in [0.5, 0.6) is 0 Å². The third-order valence-electron chi connectivity index (χ3n) is 4.62. The van der Waals surface area contributed by atoms with E-state index < -0.39 is 0 Å². The summed E-state index contributed by atoms with van der Waals surface area (Å²) < 4.78 is 6.01. The molecule has 0 radical (unpaired) electrons. The second kappa shape index (κ2) is 10.1. The summed E-state index contributed by atoms with van der Waals surface area (Å²) in [6.07, 6.45) is 2.91. The van der Waals surface area contributed by atoms with Gasteiger partial charge < -0.3 is 15.0 Å². The molecule has 1 aliphatic carbocycles. The summed E-state index contributed by atoms with van der Waals surface area (Å²) in [7, 11) is 0. The summed E-state index contributed by atoms with van der Waals surface area (Å²) in [5, 5.41) is 3.58. The van der Waals surface area contributed by atoms with Crippen molar-refractivity contribution < 1.29 is 4.74 Å². The largest absolute Gasteiger partial charge is 0.377 e. The fourth-order valence-corrected chi connectivity index (χ4v) is 3.77. The Morgan fingerprint density at radius 2 is 1.82 bits per heavy atom. The molecule has 0 aromatic heterocycles. The van der Waals surface area contributed by atoms with Crippen LogP contribution in [0.15, 0.2) is 0 Å². The Morgan fingerprint density at radius 1 is 1.14 bits per heavy atom. The van der Waals surface area contributed by atoms with E-state index in [1.807, 2.05) is 11.8 Å². The number of hydrogen-bond donors (Lipinski definition) is 1. The summed E-state index contributed by atoms with van der Waals surface area (Å²) in [6, 6.07) is 0.698. The minimum absolute atomic E-state index is 0.506. The lowest BCUT2D eigenvalue weighted by molar-refractivity contribution is -0.0269.